The van der Waals surface area contributed by atoms with E-state index in [0.29, 0.717) is 28.5 Å². The lowest BCUT2D eigenvalue weighted by Crippen LogP contribution is -2.12. The van der Waals surface area contributed by atoms with E-state index in [1.165, 1.54) is 0 Å². The first kappa shape index (κ1) is 17.3. The van der Waals surface area contributed by atoms with Crippen molar-refractivity contribution >= 4 is 27.5 Å². The lowest BCUT2D eigenvalue weighted by molar-refractivity contribution is 0.102. The molecule has 0 spiro atoms. The maximum atomic E-state index is 12.5. The van der Waals surface area contributed by atoms with Gasteiger partial charge in [-0.2, -0.15) is 0 Å². The Morgan fingerprint density at radius 1 is 1.20 bits per heavy atom. The molecule has 1 heterocycles. The second-order valence-corrected chi connectivity index (χ2v) is 6.22. The number of aliphatic hydroxyl groups excluding tert-OH is 1. The van der Waals surface area contributed by atoms with Gasteiger partial charge < -0.3 is 19.6 Å². The monoisotopic (exact) mass is 401 g/mol. The van der Waals surface area contributed by atoms with Crippen LogP contribution in [0, 0.1) is 0 Å². The third-order valence-corrected chi connectivity index (χ3v) is 4.13. The molecule has 25 heavy (non-hydrogen) atoms. The van der Waals surface area contributed by atoms with Gasteiger partial charge >= 0.3 is 0 Å². The van der Waals surface area contributed by atoms with Gasteiger partial charge in [0.2, 0.25) is 0 Å². The number of furan rings is 1. The number of halogens is 1. The molecule has 3 rings (SSSR count). The van der Waals surface area contributed by atoms with Crippen LogP contribution in [0.2, 0.25) is 0 Å². The Labute approximate surface area is 153 Å². The van der Waals surface area contributed by atoms with Crippen molar-refractivity contribution < 1.29 is 19.1 Å². The minimum atomic E-state index is -0.243. The predicted octanol–water partition coefficient (Wildman–Crippen LogP) is 4.46. The van der Waals surface area contributed by atoms with Crippen molar-refractivity contribution in [3.63, 3.8) is 0 Å². The molecule has 6 heteroatoms. The van der Waals surface area contributed by atoms with Crippen molar-refractivity contribution in [3.8, 4) is 17.1 Å². The van der Waals surface area contributed by atoms with Gasteiger partial charge in [-0.1, -0.05) is 22.0 Å². The molecule has 2 aromatic carbocycles. The van der Waals surface area contributed by atoms with Gasteiger partial charge in [-0.15, -0.1) is 0 Å². The summed E-state index contributed by atoms with van der Waals surface area (Å²) in [7, 11) is 1.54. The molecule has 5 nitrogen and oxygen atoms in total. The summed E-state index contributed by atoms with van der Waals surface area (Å²) in [6.45, 7) is -0.164. The van der Waals surface area contributed by atoms with Crippen LogP contribution in [-0.4, -0.2) is 18.1 Å². The van der Waals surface area contributed by atoms with Crippen molar-refractivity contribution in [2.75, 3.05) is 12.4 Å². The van der Waals surface area contributed by atoms with Crippen LogP contribution in [0.5, 0.6) is 5.75 Å². The topological polar surface area (TPSA) is 71.7 Å². The Bertz CT molecular complexity index is 904. The third-order valence-electron chi connectivity index (χ3n) is 3.64. The average molecular weight is 402 g/mol. The highest BCUT2D eigenvalue weighted by molar-refractivity contribution is 9.10. The van der Waals surface area contributed by atoms with Crippen molar-refractivity contribution in [2.24, 2.45) is 0 Å². The molecule has 0 unspecified atom stereocenters. The summed E-state index contributed by atoms with van der Waals surface area (Å²) in [5.74, 6) is 1.38. The Hall–Kier alpha value is -2.57. The van der Waals surface area contributed by atoms with Crippen LogP contribution in [-0.2, 0) is 6.61 Å². The molecule has 0 aliphatic carbocycles. The molecule has 3 aromatic rings. The van der Waals surface area contributed by atoms with Crippen molar-refractivity contribution in [1.29, 1.82) is 0 Å². The van der Waals surface area contributed by atoms with Gasteiger partial charge in [0, 0.05) is 15.6 Å². The summed E-state index contributed by atoms with van der Waals surface area (Å²) in [4.78, 5) is 12.5. The summed E-state index contributed by atoms with van der Waals surface area (Å²) < 4.78 is 11.7. The summed E-state index contributed by atoms with van der Waals surface area (Å²) in [5, 5.41) is 12.0. The van der Waals surface area contributed by atoms with Gasteiger partial charge in [-0.05, 0) is 48.5 Å². The zero-order valence-electron chi connectivity index (χ0n) is 13.5. The number of hydrogen-bond acceptors (Lipinski definition) is 4. The van der Waals surface area contributed by atoms with E-state index in [9.17, 15) is 4.79 Å². The van der Waals surface area contributed by atoms with E-state index in [0.717, 1.165) is 10.0 Å². The maximum absolute atomic E-state index is 12.5. The molecule has 2 N–H and O–H groups in total. The largest absolute Gasteiger partial charge is 0.495 e. The number of methoxy groups -OCH3 is 1. The van der Waals surface area contributed by atoms with Crippen LogP contribution in [0.3, 0.4) is 0 Å². The summed E-state index contributed by atoms with van der Waals surface area (Å²) in [6, 6.07) is 16.0. The van der Waals surface area contributed by atoms with Crippen LogP contribution < -0.4 is 10.1 Å². The molecule has 0 aliphatic heterocycles. The summed E-state index contributed by atoms with van der Waals surface area (Å²) >= 11 is 3.36. The van der Waals surface area contributed by atoms with E-state index in [1.807, 2.05) is 12.1 Å². The van der Waals surface area contributed by atoms with Crippen molar-refractivity contribution in [2.45, 2.75) is 6.61 Å². The zero-order valence-corrected chi connectivity index (χ0v) is 15.0. The van der Waals surface area contributed by atoms with Crippen LogP contribution in [0.1, 0.15) is 16.1 Å². The summed E-state index contributed by atoms with van der Waals surface area (Å²) in [5.41, 5.74) is 1.83. The number of benzene rings is 2. The number of ether oxygens (including phenoxy) is 1. The van der Waals surface area contributed by atoms with Gasteiger partial charge in [-0.3, -0.25) is 4.79 Å². The minimum Gasteiger partial charge on any atom is -0.495 e. The number of nitrogens with one attached hydrogen (secondary N) is 1. The normalized spacial score (nSPS) is 10.5. The molecule has 1 amide bonds. The number of amides is 1. The lowest BCUT2D eigenvalue weighted by Gasteiger charge is -2.12. The number of carbonyl (C=O) groups excluding carboxylic acids is 1. The van der Waals surface area contributed by atoms with E-state index in [1.54, 1.807) is 49.6 Å². The molecule has 0 radical (unpaired) electrons. The first-order chi connectivity index (χ1) is 12.1. The molecule has 0 bridgehead atoms. The Kier molecular flexibility index (Phi) is 5.21. The van der Waals surface area contributed by atoms with Crippen molar-refractivity contribution in [1.82, 2.24) is 0 Å². The first-order valence-corrected chi connectivity index (χ1v) is 8.35. The third kappa shape index (κ3) is 3.92. The maximum Gasteiger partial charge on any atom is 0.255 e. The van der Waals surface area contributed by atoms with Gasteiger partial charge in [-0.25, -0.2) is 0 Å². The lowest BCUT2D eigenvalue weighted by atomic mass is 10.1. The van der Waals surface area contributed by atoms with Crippen LogP contribution >= 0.6 is 15.9 Å². The fraction of sp³-hybridized carbons (Fsp3) is 0.105. The first-order valence-electron chi connectivity index (χ1n) is 7.55. The molecule has 0 saturated heterocycles. The highest BCUT2D eigenvalue weighted by Crippen LogP contribution is 2.32. The van der Waals surface area contributed by atoms with Gasteiger partial charge in [0.1, 0.15) is 23.9 Å². The van der Waals surface area contributed by atoms with Gasteiger partial charge in [0.15, 0.2) is 0 Å². The van der Waals surface area contributed by atoms with E-state index < -0.39 is 0 Å². The van der Waals surface area contributed by atoms with Crippen LogP contribution in [0.25, 0.3) is 11.3 Å². The Balaban J connectivity index is 1.91. The molecule has 0 fully saturated rings. The second-order valence-electron chi connectivity index (χ2n) is 5.30. The zero-order chi connectivity index (χ0) is 17.8. The minimum absolute atomic E-state index is 0.164. The molecule has 0 aliphatic rings. The second kappa shape index (κ2) is 7.55. The standard InChI is InChI=1S/C19H16BrNO4/c1-24-18-7-5-12(17-8-6-15(11-22)25-17)10-16(18)21-19(23)13-3-2-4-14(20)9-13/h2-10,22H,11H2,1H3,(H,21,23). The van der Waals surface area contributed by atoms with Crippen LogP contribution in [0.4, 0.5) is 5.69 Å². The highest BCUT2D eigenvalue weighted by atomic mass is 79.9. The fourth-order valence-electron chi connectivity index (χ4n) is 2.40. The highest BCUT2D eigenvalue weighted by Gasteiger charge is 2.13. The SMILES string of the molecule is COc1ccc(-c2ccc(CO)o2)cc1NC(=O)c1cccc(Br)c1. The quantitative estimate of drug-likeness (QED) is 0.661. The van der Waals surface area contributed by atoms with Crippen LogP contribution in [0.15, 0.2) is 63.5 Å². The average Bonchev–Trinajstić information content (AvgIpc) is 3.11. The predicted molar refractivity (Wildman–Crippen MR) is 98.7 cm³/mol. The molecule has 0 atom stereocenters. The van der Waals surface area contributed by atoms with E-state index in [-0.39, 0.29) is 12.5 Å². The number of rotatable bonds is 5. The fourth-order valence-corrected chi connectivity index (χ4v) is 2.80. The molecule has 0 saturated carbocycles. The van der Waals surface area contributed by atoms with E-state index in [4.69, 9.17) is 14.3 Å². The molecule has 128 valence electrons. The van der Waals surface area contributed by atoms with Crippen molar-refractivity contribution in [3.05, 3.63) is 70.4 Å². The smallest absolute Gasteiger partial charge is 0.255 e. The summed E-state index contributed by atoms with van der Waals surface area (Å²) in [6.07, 6.45) is 0. The molecule has 1 aromatic heterocycles. The Morgan fingerprint density at radius 2 is 2.04 bits per heavy atom. The van der Waals surface area contributed by atoms with E-state index >= 15 is 0 Å². The van der Waals surface area contributed by atoms with E-state index in [2.05, 4.69) is 21.2 Å². The molecular weight excluding hydrogens is 386 g/mol. The van der Waals surface area contributed by atoms with Gasteiger partial charge in [0.05, 0.1) is 12.8 Å². The number of carbonyl (C=O) groups is 1. The number of anilines is 1. The Morgan fingerprint density at radius 3 is 2.72 bits per heavy atom. The molecular formula is C19H16BrNO4. The number of hydrogen-bond donors (Lipinski definition) is 2. The van der Waals surface area contributed by atoms with Gasteiger partial charge in [0.25, 0.3) is 5.91 Å². The number of aliphatic hydroxyl groups is 1.